The highest BCUT2D eigenvalue weighted by Gasteiger charge is 2.25. The summed E-state index contributed by atoms with van der Waals surface area (Å²) < 4.78 is 25.6. The van der Waals surface area contributed by atoms with E-state index < -0.39 is 22.5 Å². The molecule has 1 saturated heterocycles. The molecule has 2 aromatic rings. The minimum Gasteiger partial charge on any atom is -0.339 e. The number of amides is 2. The van der Waals surface area contributed by atoms with Gasteiger partial charge in [0.1, 0.15) is 6.54 Å². The third-order valence-electron chi connectivity index (χ3n) is 5.13. The highest BCUT2D eigenvalue weighted by molar-refractivity contribution is 7.92. The van der Waals surface area contributed by atoms with Crippen molar-refractivity contribution in [1.29, 1.82) is 0 Å². The smallest absolute Gasteiger partial charge is 0.255 e. The molecule has 0 saturated carbocycles. The van der Waals surface area contributed by atoms with Crippen molar-refractivity contribution in [3.05, 3.63) is 59.1 Å². The van der Waals surface area contributed by atoms with Crippen LogP contribution in [0.5, 0.6) is 0 Å². The van der Waals surface area contributed by atoms with Crippen molar-refractivity contribution in [3.8, 4) is 0 Å². The van der Waals surface area contributed by atoms with Gasteiger partial charge in [0.2, 0.25) is 15.9 Å². The maximum Gasteiger partial charge on any atom is 0.255 e. The van der Waals surface area contributed by atoms with Crippen molar-refractivity contribution in [2.45, 2.75) is 25.7 Å². The van der Waals surface area contributed by atoms with E-state index in [1.165, 1.54) is 6.07 Å². The SMILES string of the molecule is CS(=O)(=O)N(CC(=O)Nc1ccccc1C(=O)N1CCCCCC1)c1ccccc1Cl. The molecule has 0 radical (unpaired) electrons. The Balaban J connectivity index is 1.80. The molecular formula is C22H26ClN3O4S. The number of likely N-dealkylation sites (tertiary alicyclic amines) is 1. The number of para-hydroxylation sites is 2. The molecule has 0 aliphatic carbocycles. The third-order valence-corrected chi connectivity index (χ3v) is 6.58. The molecule has 1 aliphatic rings. The molecule has 9 heteroatoms. The molecule has 0 aromatic heterocycles. The first-order valence-electron chi connectivity index (χ1n) is 10.2. The summed E-state index contributed by atoms with van der Waals surface area (Å²) >= 11 is 6.15. The summed E-state index contributed by atoms with van der Waals surface area (Å²) in [7, 11) is -3.76. The van der Waals surface area contributed by atoms with Gasteiger partial charge >= 0.3 is 0 Å². The number of benzene rings is 2. The second-order valence-corrected chi connectivity index (χ2v) is 9.84. The second-order valence-electron chi connectivity index (χ2n) is 7.52. The number of sulfonamides is 1. The predicted octanol–water partition coefficient (Wildman–Crippen LogP) is 3.76. The number of nitrogens with zero attached hydrogens (tertiary/aromatic N) is 2. The largest absolute Gasteiger partial charge is 0.339 e. The molecule has 0 unspecified atom stereocenters. The zero-order valence-corrected chi connectivity index (χ0v) is 19.0. The van der Waals surface area contributed by atoms with Gasteiger partial charge in [-0.25, -0.2) is 8.42 Å². The lowest BCUT2D eigenvalue weighted by atomic mass is 10.1. The van der Waals surface area contributed by atoms with E-state index >= 15 is 0 Å². The maximum atomic E-state index is 13.1. The van der Waals surface area contributed by atoms with E-state index in [2.05, 4.69) is 5.32 Å². The minimum absolute atomic E-state index is 0.135. The van der Waals surface area contributed by atoms with Gasteiger partial charge in [-0.05, 0) is 37.1 Å². The summed E-state index contributed by atoms with van der Waals surface area (Å²) in [6.07, 6.45) is 5.14. The lowest BCUT2D eigenvalue weighted by molar-refractivity contribution is -0.114. The van der Waals surface area contributed by atoms with E-state index in [4.69, 9.17) is 11.6 Å². The average Bonchev–Trinajstić information content (AvgIpc) is 3.01. The van der Waals surface area contributed by atoms with Crippen molar-refractivity contribution in [1.82, 2.24) is 4.90 Å². The van der Waals surface area contributed by atoms with Crippen LogP contribution in [0, 0.1) is 0 Å². The number of hydrogen-bond acceptors (Lipinski definition) is 4. The predicted molar refractivity (Wildman–Crippen MR) is 123 cm³/mol. The van der Waals surface area contributed by atoms with Gasteiger partial charge in [0.15, 0.2) is 0 Å². The van der Waals surface area contributed by atoms with Crippen LogP contribution in [0.4, 0.5) is 11.4 Å². The number of halogens is 1. The van der Waals surface area contributed by atoms with E-state index in [0.29, 0.717) is 24.3 Å². The van der Waals surface area contributed by atoms with Crippen molar-refractivity contribution in [3.63, 3.8) is 0 Å². The Bertz CT molecular complexity index is 1050. The van der Waals surface area contributed by atoms with Crippen LogP contribution in [0.1, 0.15) is 36.0 Å². The summed E-state index contributed by atoms with van der Waals surface area (Å²) in [6.45, 7) is 0.916. The normalized spacial score (nSPS) is 14.6. The van der Waals surface area contributed by atoms with Crippen molar-refractivity contribution in [2.75, 3.05) is 35.5 Å². The Hall–Kier alpha value is -2.58. The summed E-state index contributed by atoms with van der Waals surface area (Å²) in [5.74, 6) is -0.703. The monoisotopic (exact) mass is 463 g/mol. The maximum absolute atomic E-state index is 13.1. The van der Waals surface area contributed by atoms with Crippen LogP contribution in [0.2, 0.25) is 5.02 Å². The number of carbonyl (C=O) groups excluding carboxylic acids is 2. The summed E-state index contributed by atoms with van der Waals surface area (Å²) in [5.41, 5.74) is 0.964. The van der Waals surface area contributed by atoms with E-state index in [0.717, 1.165) is 36.2 Å². The van der Waals surface area contributed by atoms with Crippen LogP contribution in [-0.4, -0.2) is 51.0 Å². The zero-order chi connectivity index (χ0) is 22.4. The quantitative estimate of drug-likeness (QED) is 0.706. The third kappa shape index (κ3) is 5.98. The number of carbonyl (C=O) groups is 2. The molecule has 166 valence electrons. The van der Waals surface area contributed by atoms with Crippen molar-refractivity contribution in [2.24, 2.45) is 0 Å². The first kappa shape index (κ1) is 23.1. The van der Waals surface area contributed by atoms with E-state index in [1.807, 2.05) is 4.90 Å². The lowest BCUT2D eigenvalue weighted by Crippen LogP contribution is -2.38. The topological polar surface area (TPSA) is 86.8 Å². The Morgan fingerprint density at radius 3 is 2.26 bits per heavy atom. The minimum atomic E-state index is -3.76. The number of hydrogen-bond donors (Lipinski definition) is 1. The lowest BCUT2D eigenvalue weighted by Gasteiger charge is -2.24. The van der Waals surface area contributed by atoms with Gasteiger partial charge in [-0.2, -0.15) is 0 Å². The molecule has 31 heavy (non-hydrogen) atoms. The molecule has 1 heterocycles. The standard InChI is InChI=1S/C22H26ClN3O4S/c1-31(29,30)26(20-13-7-5-11-18(20)23)16-21(27)24-19-12-6-4-10-17(19)22(28)25-14-8-2-3-9-15-25/h4-7,10-13H,2-3,8-9,14-16H2,1H3,(H,24,27). The number of rotatable bonds is 6. The Kier molecular flexibility index (Phi) is 7.56. The molecule has 1 aliphatic heterocycles. The Morgan fingerprint density at radius 1 is 1.00 bits per heavy atom. The van der Waals surface area contributed by atoms with E-state index in [-0.39, 0.29) is 16.6 Å². The summed E-state index contributed by atoms with van der Waals surface area (Å²) in [4.78, 5) is 27.6. The summed E-state index contributed by atoms with van der Waals surface area (Å²) in [6, 6.07) is 13.2. The van der Waals surface area contributed by atoms with E-state index in [9.17, 15) is 18.0 Å². The first-order valence-corrected chi connectivity index (χ1v) is 12.4. The van der Waals surface area contributed by atoms with Gasteiger partial charge in [0, 0.05) is 13.1 Å². The molecule has 0 bridgehead atoms. The van der Waals surface area contributed by atoms with Gasteiger partial charge in [-0.1, -0.05) is 48.7 Å². The Labute approximate surface area is 188 Å². The molecule has 2 aromatic carbocycles. The molecule has 0 spiro atoms. The second kappa shape index (κ2) is 10.2. The van der Waals surface area contributed by atoms with Crippen LogP contribution < -0.4 is 9.62 Å². The van der Waals surface area contributed by atoms with Crippen LogP contribution in [0.25, 0.3) is 0 Å². The van der Waals surface area contributed by atoms with Crippen LogP contribution in [-0.2, 0) is 14.8 Å². The zero-order valence-electron chi connectivity index (χ0n) is 17.4. The molecule has 2 amide bonds. The average molecular weight is 464 g/mol. The first-order chi connectivity index (χ1) is 14.8. The molecule has 1 fully saturated rings. The number of nitrogens with one attached hydrogen (secondary N) is 1. The number of anilines is 2. The van der Waals surface area contributed by atoms with Gasteiger partial charge in [0.05, 0.1) is 28.2 Å². The van der Waals surface area contributed by atoms with Crippen LogP contribution in [0.15, 0.2) is 48.5 Å². The molecular weight excluding hydrogens is 438 g/mol. The van der Waals surface area contributed by atoms with Gasteiger partial charge in [0.25, 0.3) is 5.91 Å². The van der Waals surface area contributed by atoms with Crippen molar-refractivity contribution < 1.29 is 18.0 Å². The fourth-order valence-corrected chi connectivity index (χ4v) is 4.73. The van der Waals surface area contributed by atoms with Crippen LogP contribution in [0.3, 0.4) is 0 Å². The fourth-order valence-electron chi connectivity index (χ4n) is 3.58. The molecule has 0 atom stereocenters. The summed E-state index contributed by atoms with van der Waals surface area (Å²) in [5, 5.41) is 2.92. The molecule has 3 rings (SSSR count). The van der Waals surface area contributed by atoms with Gasteiger partial charge in [-0.3, -0.25) is 13.9 Å². The van der Waals surface area contributed by atoms with Crippen LogP contribution >= 0.6 is 11.6 Å². The molecule has 7 nitrogen and oxygen atoms in total. The van der Waals surface area contributed by atoms with Crippen molar-refractivity contribution >= 4 is 44.8 Å². The Morgan fingerprint density at radius 2 is 1.61 bits per heavy atom. The van der Waals surface area contributed by atoms with Gasteiger partial charge < -0.3 is 10.2 Å². The molecule has 1 N–H and O–H groups in total. The van der Waals surface area contributed by atoms with E-state index in [1.54, 1.807) is 42.5 Å². The van der Waals surface area contributed by atoms with Gasteiger partial charge in [-0.15, -0.1) is 0 Å². The highest BCUT2D eigenvalue weighted by atomic mass is 35.5. The highest BCUT2D eigenvalue weighted by Crippen LogP contribution is 2.27. The fraction of sp³-hybridized carbons (Fsp3) is 0.364.